The van der Waals surface area contributed by atoms with Gasteiger partial charge in [-0.2, -0.15) is 21.6 Å². The minimum atomic E-state index is -4.83. The monoisotopic (exact) mass is 297 g/mol. The molecule has 0 saturated heterocycles. The number of rotatable bonds is 1. The third kappa shape index (κ3) is 3.48. The number of pyridine rings is 1. The van der Waals surface area contributed by atoms with Crippen molar-refractivity contribution in [2.24, 2.45) is 0 Å². The Morgan fingerprint density at radius 1 is 1.38 bits per heavy atom. The van der Waals surface area contributed by atoms with Crippen LogP contribution in [0.4, 0.5) is 13.2 Å². The molecule has 0 fully saturated rings. The first kappa shape index (κ1) is 15.4. The zero-order valence-electron chi connectivity index (χ0n) is 7.19. The van der Waals surface area contributed by atoms with Crippen LogP contribution in [0.1, 0.15) is 5.56 Å². The molecule has 0 aromatic carbocycles. The lowest BCUT2D eigenvalue weighted by atomic mass is 10.3. The summed E-state index contributed by atoms with van der Waals surface area (Å²) in [5.74, 6) is 0. The van der Waals surface area contributed by atoms with E-state index in [1.807, 2.05) is 0 Å². The second-order valence-electron chi connectivity index (χ2n) is 2.48. The third-order valence-corrected chi connectivity index (χ3v) is 2.54. The molecule has 0 amide bonds. The van der Waals surface area contributed by atoms with Gasteiger partial charge in [-0.25, -0.2) is 4.98 Å². The number of hydrogen-bond donors (Lipinski definition) is 1. The smallest absolute Gasteiger partial charge is 0.282 e. The molecule has 0 aliphatic heterocycles. The molecule has 0 spiro atoms. The average Bonchev–Trinajstić information content (AvgIpc) is 2.00. The van der Waals surface area contributed by atoms with Gasteiger partial charge in [0.1, 0.15) is 10.0 Å². The Balaban J connectivity index is 0.00000225. The van der Waals surface area contributed by atoms with Gasteiger partial charge in [-0.05, 0) is 6.07 Å². The van der Waals surface area contributed by atoms with Crippen molar-refractivity contribution in [2.75, 3.05) is 0 Å². The van der Waals surface area contributed by atoms with E-state index in [0.29, 0.717) is 6.20 Å². The zero-order valence-corrected chi connectivity index (χ0v) is 9.58. The van der Waals surface area contributed by atoms with E-state index in [1.165, 1.54) is 0 Å². The molecule has 16 heavy (non-hydrogen) atoms. The van der Waals surface area contributed by atoms with Crippen LogP contribution in [0, 0.1) is 0 Å². The number of hydrogen-bond acceptors (Lipinski definition) is 3. The summed E-state index contributed by atoms with van der Waals surface area (Å²) in [6.07, 6.45) is -4.29. The number of aromatic nitrogens is 1. The van der Waals surface area contributed by atoms with Gasteiger partial charge >= 0.3 is 6.18 Å². The van der Waals surface area contributed by atoms with Gasteiger partial charge in [-0.15, -0.1) is 12.4 Å². The van der Waals surface area contributed by atoms with Gasteiger partial charge in [0.2, 0.25) is 0 Å². The van der Waals surface area contributed by atoms with Gasteiger partial charge in [-0.3, -0.25) is 4.55 Å². The van der Waals surface area contributed by atoms with Crippen LogP contribution >= 0.6 is 24.0 Å². The summed E-state index contributed by atoms with van der Waals surface area (Å²) >= 11 is 5.12. The Labute approximate surface area is 99.6 Å². The molecule has 4 nitrogen and oxygen atoms in total. The number of halogens is 5. The summed E-state index contributed by atoms with van der Waals surface area (Å²) in [6.45, 7) is 0. The van der Waals surface area contributed by atoms with E-state index in [4.69, 9.17) is 16.2 Å². The van der Waals surface area contributed by atoms with Crippen LogP contribution in [0.5, 0.6) is 0 Å². The molecule has 0 radical (unpaired) electrons. The van der Waals surface area contributed by atoms with Gasteiger partial charge in [0.05, 0.1) is 5.56 Å². The zero-order chi connectivity index (χ0) is 11.9. The molecule has 0 saturated carbocycles. The maximum Gasteiger partial charge on any atom is 0.419 e. The van der Waals surface area contributed by atoms with E-state index in [1.54, 1.807) is 0 Å². The molecule has 10 heteroatoms. The maximum absolute atomic E-state index is 12.2. The van der Waals surface area contributed by atoms with E-state index in [2.05, 4.69) is 4.98 Å². The molecule has 0 unspecified atom stereocenters. The molecule has 0 aliphatic rings. The van der Waals surface area contributed by atoms with E-state index in [9.17, 15) is 21.6 Å². The van der Waals surface area contributed by atoms with Crippen LogP contribution in [-0.4, -0.2) is 18.0 Å². The molecular formula is C6H4Cl2F3NO3S. The fourth-order valence-corrected chi connectivity index (χ4v) is 1.43. The summed E-state index contributed by atoms with van der Waals surface area (Å²) in [4.78, 5) is 2.06. The Kier molecular flexibility index (Phi) is 4.57. The van der Waals surface area contributed by atoms with E-state index in [0.717, 1.165) is 0 Å². The van der Waals surface area contributed by atoms with Crippen LogP contribution in [0.25, 0.3) is 0 Å². The fourth-order valence-electron chi connectivity index (χ4n) is 0.769. The van der Waals surface area contributed by atoms with Crippen molar-refractivity contribution < 1.29 is 26.1 Å². The SMILES string of the molecule is Cl.O=S(=O)(O)c1cnc(Cl)c(C(F)(F)F)c1. The normalized spacial score (nSPS) is 12.1. The van der Waals surface area contributed by atoms with Crippen molar-refractivity contribution in [3.05, 3.63) is 23.0 Å². The molecule has 92 valence electrons. The minimum Gasteiger partial charge on any atom is -0.282 e. The van der Waals surface area contributed by atoms with Crippen molar-refractivity contribution in [3.8, 4) is 0 Å². The van der Waals surface area contributed by atoms with Crippen LogP contribution in [-0.2, 0) is 16.3 Å². The molecule has 1 aromatic rings. The van der Waals surface area contributed by atoms with Crippen molar-refractivity contribution >= 4 is 34.1 Å². The second kappa shape index (κ2) is 4.74. The van der Waals surface area contributed by atoms with Crippen molar-refractivity contribution in [1.29, 1.82) is 0 Å². The first-order valence-corrected chi connectivity index (χ1v) is 5.14. The van der Waals surface area contributed by atoms with Crippen LogP contribution in [0.3, 0.4) is 0 Å². The lowest BCUT2D eigenvalue weighted by Gasteiger charge is -2.08. The standard InChI is InChI=1S/C6H3ClF3NO3S.ClH/c7-5-4(6(8,9)10)1-3(2-11-5)15(12,13)14;/h1-2H,(H,12,13,14);1H. The first-order valence-electron chi connectivity index (χ1n) is 3.32. The average molecular weight is 298 g/mol. The van der Waals surface area contributed by atoms with Gasteiger partial charge in [0.25, 0.3) is 10.1 Å². The lowest BCUT2D eigenvalue weighted by Crippen LogP contribution is -2.09. The summed E-state index contributed by atoms with van der Waals surface area (Å²) in [5.41, 5.74) is -1.42. The number of nitrogens with zero attached hydrogens (tertiary/aromatic N) is 1. The van der Waals surface area contributed by atoms with Gasteiger partial charge in [0.15, 0.2) is 0 Å². The molecular weight excluding hydrogens is 294 g/mol. The molecule has 1 rings (SSSR count). The molecule has 0 aliphatic carbocycles. The highest BCUT2D eigenvalue weighted by atomic mass is 35.5. The molecule has 1 heterocycles. The predicted molar refractivity (Wildman–Crippen MR) is 51.3 cm³/mol. The molecule has 1 N–H and O–H groups in total. The van der Waals surface area contributed by atoms with Gasteiger partial charge in [-0.1, -0.05) is 11.6 Å². The second-order valence-corrected chi connectivity index (χ2v) is 4.26. The van der Waals surface area contributed by atoms with Crippen molar-refractivity contribution in [3.63, 3.8) is 0 Å². The lowest BCUT2D eigenvalue weighted by molar-refractivity contribution is -0.137. The van der Waals surface area contributed by atoms with Crippen LogP contribution in [0.15, 0.2) is 17.2 Å². The highest BCUT2D eigenvalue weighted by Crippen LogP contribution is 2.34. The van der Waals surface area contributed by atoms with Crippen molar-refractivity contribution in [2.45, 2.75) is 11.1 Å². The summed E-state index contributed by atoms with van der Waals surface area (Å²) in [7, 11) is -4.72. The largest absolute Gasteiger partial charge is 0.419 e. The van der Waals surface area contributed by atoms with E-state index >= 15 is 0 Å². The van der Waals surface area contributed by atoms with E-state index in [-0.39, 0.29) is 18.5 Å². The highest BCUT2D eigenvalue weighted by Gasteiger charge is 2.35. The van der Waals surface area contributed by atoms with E-state index < -0.39 is 31.9 Å². The quantitative estimate of drug-likeness (QED) is 0.638. The molecule has 0 bridgehead atoms. The Hall–Kier alpha value is -0.570. The maximum atomic E-state index is 12.2. The molecule has 1 aromatic heterocycles. The number of alkyl halides is 3. The van der Waals surface area contributed by atoms with Crippen LogP contribution in [0.2, 0.25) is 5.15 Å². The first-order chi connectivity index (χ1) is 6.62. The van der Waals surface area contributed by atoms with Crippen LogP contribution < -0.4 is 0 Å². The minimum absolute atomic E-state index is 0. The predicted octanol–water partition coefficient (Wildman–Crippen LogP) is 2.42. The summed E-state index contributed by atoms with van der Waals surface area (Å²) in [5, 5.41) is -0.880. The Morgan fingerprint density at radius 2 is 1.88 bits per heavy atom. The third-order valence-electron chi connectivity index (χ3n) is 1.42. The molecule has 0 atom stereocenters. The van der Waals surface area contributed by atoms with Crippen molar-refractivity contribution in [1.82, 2.24) is 4.98 Å². The summed E-state index contributed by atoms with van der Waals surface area (Å²) in [6, 6.07) is 0.213. The Bertz CT molecular complexity index is 488. The topological polar surface area (TPSA) is 67.3 Å². The highest BCUT2D eigenvalue weighted by molar-refractivity contribution is 7.85. The Morgan fingerprint density at radius 3 is 2.25 bits per heavy atom. The summed E-state index contributed by atoms with van der Waals surface area (Å²) < 4.78 is 66.2. The van der Waals surface area contributed by atoms with Gasteiger partial charge < -0.3 is 0 Å². The van der Waals surface area contributed by atoms with Gasteiger partial charge in [0, 0.05) is 6.20 Å². The fraction of sp³-hybridized carbons (Fsp3) is 0.167.